The SMILES string of the molecule is CS(=O)(=O)OCCNc1cc(Cl)cc(Cl)c1. The van der Waals surface area contributed by atoms with Gasteiger partial charge in [-0.15, -0.1) is 0 Å². The topological polar surface area (TPSA) is 55.4 Å². The zero-order valence-corrected chi connectivity index (χ0v) is 10.9. The predicted molar refractivity (Wildman–Crippen MR) is 65.7 cm³/mol. The highest BCUT2D eigenvalue weighted by Gasteiger charge is 2.01. The van der Waals surface area contributed by atoms with E-state index in [2.05, 4.69) is 9.50 Å². The van der Waals surface area contributed by atoms with E-state index in [1.165, 1.54) is 0 Å². The number of hydrogen-bond donors (Lipinski definition) is 1. The largest absolute Gasteiger partial charge is 0.383 e. The lowest BCUT2D eigenvalue weighted by atomic mass is 10.3. The number of rotatable bonds is 5. The Hall–Kier alpha value is -0.490. The molecule has 0 amide bonds. The van der Waals surface area contributed by atoms with Crippen molar-refractivity contribution >= 4 is 39.0 Å². The van der Waals surface area contributed by atoms with Gasteiger partial charge in [0.2, 0.25) is 0 Å². The Labute approximate surface area is 105 Å². The molecular weight excluding hydrogens is 273 g/mol. The van der Waals surface area contributed by atoms with E-state index >= 15 is 0 Å². The zero-order chi connectivity index (χ0) is 12.2. The van der Waals surface area contributed by atoms with Crippen LogP contribution in [0, 0.1) is 0 Å². The van der Waals surface area contributed by atoms with Crippen molar-refractivity contribution in [2.24, 2.45) is 0 Å². The molecule has 0 aromatic heterocycles. The van der Waals surface area contributed by atoms with Crippen LogP contribution in [0.1, 0.15) is 0 Å². The molecule has 0 atom stereocenters. The Morgan fingerprint density at radius 3 is 2.31 bits per heavy atom. The number of hydrogen-bond acceptors (Lipinski definition) is 4. The Bertz CT molecular complexity index is 442. The van der Waals surface area contributed by atoms with E-state index in [1.807, 2.05) is 0 Å². The lowest BCUT2D eigenvalue weighted by molar-refractivity contribution is 0.335. The predicted octanol–water partition coefficient (Wildman–Crippen LogP) is 2.38. The highest BCUT2D eigenvalue weighted by molar-refractivity contribution is 7.85. The summed E-state index contributed by atoms with van der Waals surface area (Å²) in [7, 11) is -3.39. The molecular formula is C9H11Cl2NO3S. The molecule has 0 saturated heterocycles. The monoisotopic (exact) mass is 283 g/mol. The van der Waals surface area contributed by atoms with Crippen LogP contribution in [-0.4, -0.2) is 27.8 Å². The molecule has 0 radical (unpaired) electrons. The summed E-state index contributed by atoms with van der Waals surface area (Å²) in [5.41, 5.74) is 0.717. The summed E-state index contributed by atoms with van der Waals surface area (Å²) >= 11 is 11.6. The summed E-state index contributed by atoms with van der Waals surface area (Å²) in [4.78, 5) is 0. The fourth-order valence-corrected chi connectivity index (χ4v) is 1.96. The van der Waals surface area contributed by atoms with Crippen molar-refractivity contribution in [2.75, 3.05) is 24.7 Å². The summed E-state index contributed by atoms with van der Waals surface area (Å²) in [6.07, 6.45) is 1.00. The van der Waals surface area contributed by atoms with Crippen LogP contribution in [0.4, 0.5) is 5.69 Å². The third-order valence-corrected chi connectivity index (χ3v) is 2.62. The van der Waals surface area contributed by atoms with Gasteiger partial charge in [0.25, 0.3) is 10.1 Å². The summed E-state index contributed by atoms with van der Waals surface area (Å²) in [6, 6.07) is 4.99. The van der Waals surface area contributed by atoms with Gasteiger partial charge in [-0.2, -0.15) is 8.42 Å². The van der Waals surface area contributed by atoms with Gasteiger partial charge in [-0.05, 0) is 18.2 Å². The van der Waals surface area contributed by atoms with Crippen LogP contribution in [-0.2, 0) is 14.3 Å². The van der Waals surface area contributed by atoms with Crippen LogP contribution in [0.15, 0.2) is 18.2 Å². The Morgan fingerprint density at radius 2 is 1.81 bits per heavy atom. The smallest absolute Gasteiger partial charge is 0.264 e. The van der Waals surface area contributed by atoms with Crippen molar-refractivity contribution in [3.8, 4) is 0 Å². The highest BCUT2D eigenvalue weighted by atomic mass is 35.5. The van der Waals surface area contributed by atoms with Crippen LogP contribution in [0.5, 0.6) is 0 Å². The molecule has 0 heterocycles. The van der Waals surface area contributed by atoms with Gasteiger partial charge in [0.15, 0.2) is 0 Å². The fraction of sp³-hybridized carbons (Fsp3) is 0.333. The molecule has 0 saturated carbocycles. The molecule has 7 heteroatoms. The van der Waals surface area contributed by atoms with E-state index in [0.29, 0.717) is 16.6 Å². The van der Waals surface area contributed by atoms with Gasteiger partial charge in [0.05, 0.1) is 12.9 Å². The first-order chi connectivity index (χ1) is 7.37. The normalized spacial score (nSPS) is 11.4. The molecule has 0 unspecified atom stereocenters. The van der Waals surface area contributed by atoms with Crippen molar-refractivity contribution in [1.29, 1.82) is 0 Å². The molecule has 1 N–H and O–H groups in total. The van der Waals surface area contributed by atoms with Gasteiger partial charge >= 0.3 is 0 Å². The van der Waals surface area contributed by atoms with Crippen LogP contribution in [0.25, 0.3) is 0 Å². The summed E-state index contributed by atoms with van der Waals surface area (Å²) < 4.78 is 25.9. The van der Waals surface area contributed by atoms with E-state index in [0.717, 1.165) is 11.9 Å². The summed E-state index contributed by atoms with van der Waals surface area (Å²) in [5.74, 6) is 0. The van der Waals surface area contributed by atoms with E-state index in [1.54, 1.807) is 18.2 Å². The third kappa shape index (κ3) is 5.55. The standard InChI is InChI=1S/C9H11Cl2NO3S/c1-16(13,14)15-3-2-12-9-5-7(10)4-8(11)6-9/h4-6,12H,2-3H2,1H3. The lowest BCUT2D eigenvalue weighted by Crippen LogP contribution is -2.12. The van der Waals surface area contributed by atoms with Crippen LogP contribution < -0.4 is 5.32 Å². The molecule has 4 nitrogen and oxygen atoms in total. The molecule has 0 aliphatic heterocycles. The minimum absolute atomic E-state index is 0.0585. The maximum absolute atomic E-state index is 10.7. The van der Waals surface area contributed by atoms with Crippen LogP contribution in [0.2, 0.25) is 10.0 Å². The summed E-state index contributed by atoms with van der Waals surface area (Å²) in [5, 5.41) is 3.97. The molecule has 0 fully saturated rings. The van der Waals surface area contributed by atoms with E-state index in [-0.39, 0.29) is 6.61 Å². The number of benzene rings is 1. The third-order valence-electron chi connectivity index (χ3n) is 1.59. The van der Waals surface area contributed by atoms with Gasteiger partial charge < -0.3 is 5.32 Å². The van der Waals surface area contributed by atoms with Crippen molar-refractivity contribution in [2.45, 2.75) is 0 Å². The first-order valence-electron chi connectivity index (χ1n) is 4.41. The van der Waals surface area contributed by atoms with Crippen LogP contribution in [0.3, 0.4) is 0 Å². The molecule has 0 bridgehead atoms. The Kier molecular flexibility index (Phi) is 4.86. The van der Waals surface area contributed by atoms with Crippen molar-refractivity contribution < 1.29 is 12.6 Å². The second-order valence-electron chi connectivity index (χ2n) is 3.11. The maximum atomic E-state index is 10.7. The molecule has 1 aromatic carbocycles. The lowest BCUT2D eigenvalue weighted by Gasteiger charge is -2.07. The second-order valence-corrected chi connectivity index (χ2v) is 5.63. The van der Waals surface area contributed by atoms with Gasteiger partial charge in [0.1, 0.15) is 0 Å². The minimum Gasteiger partial charge on any atom is -0.383 e. The average Bonchev–Trinajstić information content (AvgIpc) is 2.09. The number of halogens is 2. The number of nitrogens with one attached hydrogen (secondary N) is 1. The zero-order valence-electron chi connectivity index (χ0n) is 8.54. The van der Waals surface area contributed by atoms with E-state index in [4.69, 9.17) is 23.2 Å². The molecule has 90 valence electrons. The summed E-state index contributed by atoms with van der Waals surface area (Å²) in [6.45, 7) is 0.409. The molecule has 0 aliphatic rings. The first kappa shape index (κ1) is 13.6. The number of anilines is 1. The van der Waals surface area contributed by atoms with E-state index < -0.39 is 10.1 Å². The Balaban J connectivity index is 2.43. The molecule has 1 rings (SSSR count). The van der Waals surface area contributed by atoms with Gasteiger partial charge in [0, 0.05) is 22.3 Å². The van der Waals surface area contributed by atoms with Gasteiger partial charge in [-0.25, -0.2) is 0 Å². The molecule has 0 spiro atoms. The minimum atomic E-state index is -3.39. The average molecular weight is 284 g/mol. The molecule has 1 aromatic rings. The quantitative estimate of drug-likeness (QED) is 0.666. The van der Waals surface area contributed by atoms with Crippen molar-refractivity contribution in [1.82, 2.24) is 0 Å². The molecule has 0 aliphatic carbocycles. The van der Waals surface area contributed by atoms with E-state index in [9.17, 15) is 8.42 Å². The first-order valence-corrected chi connectivity index (χ1v) is 6.98. The second kappa shape index (κ2) is 5.72. The van der Waals surface area contributed by atoms with Crippen LogP contribution >= 0.6 is 23.2 Å². The van der Waals surface area contributed by atoms with Crippen molar-refractivity contribution in [3.63, 3.8) is 0 Å². The Morgan fingerprint density at radius 1 is 1.25 bits per heavy atom. The van der Waals surface area contributed by atoms with Crippen molar-refractivity contribution in [3.05, 3.63) is 28.2 Å². The van der Waals surface area contributed by atoms with Gasteiger partial charge in [-0.1, -0.05) is 23.2 Å². The molecule has 16 heavy (non-hydrogen) atoms. The van der Waals surface area contributed by atoms with Gasteiger partial charge in [-0.3, -0.25) is 4.18 Å². The fourth-order valence-electron chi connectivity index (χ4n) is 1.04. The maximum Gasteiger partial charge on any atom is 0.264 e. The highest BCUT2D eigenvalue weighted by Crippen LogP contribution is 2.22.